The topological polar surface area (TPSA) is 77.2 Å². The number of pyridine rings is 1. The van der Waals surface area contributed by atoms with Crippen LogP contribution in [0.1, 0.15) is 11.7 Å². The predicted molar refractivity (Wildman–Crippen MR) is 74.1 cm³/mol. The molecule has 3 N–H and O–H groups in total. The Labute approximate surface area is 118 Å². The summed E-state index contributed by atoms with van der Waals surface area (Å²) < 4.78 is 6.42. The third-order valence-corrected chi connectivity index (χ3v) is 2.85. The van der Waals surface area contributed by atoms with Crippen LogP contribution in [0.2, 0.25) is 0 Å². The van der Waals surface area contributed by atoms with Gasteiger partial charge in [0.1, 0.15) is 5.75 Å². The largest absolute Gasteiger partial charge is 0.474 e. The average Bonchev–Trinajstić information content (AvgIpc) is 2.45. The second-order valence-corrected chi connectivity index (χ2v) is 4.67. The fourth-order valence-electron chi connectivity index (χ4n) is 1.57. The lowest BCUT2D eigenvalue weighted by atomic mass is 10.1. The number of carbonyl (C=O) groups is 1. The molecule has 0 saturated heterocycles. The number of benzene rings is 1. The molecule has 1 atom stereocenters. The van der Waals surface area contributed by atoms with Crippen molar-refractivity contribution in [3.8, 4) is 5.75 Å². The molecule has 0 fully saturated rings. The van der Waals surface area contributed by atoms with Crippen molar-refractivity contribution in [3.63, 3.8) is 0 Å². The molecule has 2 aromatic rings. The van der Waals surface area contributed by atoms with Crippen LogP contribution in [0.3, 0.4) is 0 Å². The summed E-state index contributed by atoms with van der Waals surface area (Å²) in [6, 6.07) is 10.8. The summed E-state index contributed by atoms with van der Waals surface area (Å²) in [7, 11) is 0. The Bertz CT molecular complexity index is 563. The number of nitrogens with one attached hydrogen (secondary N) is 1. The molecule has 1 aromatic heterocycles. The van der Waals surface area contributed by atoms with E-state index < -0.39 is 12.0 Å². The van der Waals surface area contributed by atoms with Gasteiger partial charge in [-0.1, -0.05) is 30.3 Å². The van der Waals surface area contributed by atoms with E-state index in [1.807, 2.05) is 18.2 Å². The maximum atomic E-state index is 11.8. The molecule has 1 aromatic carbocycles. The number of nitrogens with two attached hydrogens (primary N) is 1. The maximum Gasteiger partial charge on any atom is 0.279 e. The highest BCUT2D eigenvalue weighted by Gasteiger charge is 2.21. The standard InChI is InChI=1S/C13H12BrN3O2/c14-10-6-11(8-16-7-10)19-12(13(18)17-15)9-4-2-1-3-5-9/h1-8,12H,15H2,(H,17,18). The van der Waals surface area contributed by atoms with E-state index in [1.165, 1.54) is 6.20 Å². The van der Waals surface area contributed by atoms with Gasteiger partial charge in [-0.15, -0.1) is 0 Å². The predicted octanol–water partition coefficient (Wildman–Crippen LogP) is 1.95. The Morgan fingerprint density at radius 3 is 2.68 bits per heavy atom. The minimum atomic E-state index is -0.817. The SMILES string of the molecule is NNC(=O)C(Oc1cncc(Br)c1)c1ccccc1. The van der Waals surface area contributed by atoms with Gasteiger partial charge < -0.3 is 4.74 Å². The molecule has 0 aliphatic heterocycles. The molecule has 6 heteroatoms. The van der Waals surface area contributed by atoms with Gasteiger partial charge in [0.05, 0.1) is 6.20 Å². The molecule has 1 unspecified atom stereocenters. The Morgan fingerprint density at radius 2 is 2.05 bits per heavy atom. The first-order chi connectivity index (χ1) is 9.20. The van der Waals surface area contributed by atoms with E-state index in [4.69, 9.17) is 10.6 Å². The highest BCUT2D eigenvalue weighted by molar-refractivity contribution is 9.10. The van der Waals surface area contributed by atoms with Crippen LogP contribution in [-0.4, -0.2) is 10.9 Å². The van der Waals surface area contributed by atoms with Gasteiger partial charge in [0.15, 0.2) is 0 Å². The summed E-state index contributed by atoms with van der Waals surface area (Å²) >= 11 is 3.29. The minimum Gasteiger partial charge on any atom is -0.474 e. The van der Waals surface area contributed by atoms with Crippen LogP contribution in [0.4, 0.5) is 0 Å². The van der Waals surface area contributed by atoms with Gasteiger partial charge in [-0.05, 0) is 22.0 Å². The monoisotopic (exact) mass is 321 g/mol. The fourth-order valence-corrected chi connectivity index (χ4v) is 1.91. The molecule has 5 nitrogen and oxygen atoms in total. The smallest absolute Gasteiger partial charge is 0.279 e. The molecular weight excluding hydrogens is 310 g/mol. The summed E-state index contributed by atoms with van der Waals surface area (Å²) in [6.45, 7) is 0. The van der Waals surface area contributed by atoms with Crippen molar-refractivity contribution >= 4 is 21.8 Å². The third kappa shape index (κ3) is 3.52. The number of hydrogen-bond acceptors (Lipinski definition) is 4. The van der Waals surface area contributed by atoms with Gasteiger partial charge in [0, 0.05) is 16.2 Å². The maximum absolute atomic E-state index is 11.8. The minimum absolute atomic E-state index is 0.425. The number of ether oxygens (including phenoxy) is 1. The van der Waals surface area contributed by atoms with Crippen LogP contribution >= 0.6 is 15.9 Å². The molecule has 0 radical (unpaired) electrons. The zero-order valence-electron chi connectivity index (χ0n) is 9.92. The number of aromatic nitrogens is 1. The molecule has 0 saturated carbocycles. The first-order valence-corrected chi connectivity index (χ1v) is 6.32. The lowest BCUT2D eigenvalue weighted by molar-refractivity contribution is -0.128. The van der Waals surface area contributed by atoms with Crippen molar-refractivity contribution in [2.75, 3.05) is 0 Å². The molecule has 2 rings (SSSR count). The zero-order chi connectivity index (χ0) is 13.7. The van der Waals surface area contributed by atoms with Crippen LogP contribution in [0.15, 0.2) is 53.3 Å². The summed E-state index contributed by atoms with van der Waals surface area (Å²) in [5, 5.41) is 0. The fraction of sp³-hybridized carbons (Fsp3) is 0.0769. The first-order valence-electron chi connectivity index (χ1n) is 5.53. The van der Waals surface area contributed by atoms with Crippen LogP contribution in [0.5, 0.6) is 5.75 Å². The highest BCUT2D eigenvalue weighted by Crippen LogP contribution is 2.23. The first kappa shape index (κ1) is 13.5. The number of hydrogen-bond donors (Lipinski definition) is 2. The van der Waals surface area contributed by atoms with E-state index in [9.17, 15) is 4.79 Å². The highest BCUT2D eigenvalue weighted by atomic mass is 79.9. The Balaban J connectivity index is 2.27. The van der Waals surface area contributed by atoms with Crippen molar-refractivity contribution in [2.24, 2.45) is 5.84 Å². The normalized spacial score (nSPS) is 11.7. The molecule has 0 bridgehead atoms. The molecule has 19 heavy (non-hydrogen) atoms. The van der Waals surface area contributed by atoms with E-state index in [1.54, 1.807) is 24.4 Å². The number of hydrazine groups is 1. The Kier molecular flexibility index (Phi) is 4.48. The lowest BCUT2D eigenvalue weighted by Gasteiger charge is -2.17. The Morgan fingerprint density at radius 1 is 1.32 bits per heavy atom. The van der Waals surface area contributed by atoms with Gasteiger partial charge in [-0.3, -0.25) is 15.2 Å². The quantitative estimate of drug-likeness (QED) is 0.512. The van der Waals surface area contributed by atoms with E-state index in [0.717, 1.165) is 4.47 Å². The van der Waals surface area contributed by atoms with E-state index in [-0.39, 0.29) is 0 Å². The van der Waals surface area contributed by atoms with Crippen LogP contribution in [0, 0.1) is 0 Å². The van der Waals surface area contributed by atoms with Crippen LogP contribution < -0.4 is 16.0 Å². The molecule has 98 valence electrons. The molecule has 0 aliphatic rings. The molecule has 0 aliphatic carbocycles. The average molecular weight is 322 g/mol. The number of halogens is 1. The van der Waals surface area contributed by atoms with Gasteiger partial charge >= 0.3 is 0 Å². The van der Waals surface area contributed by atoms with Gasteiger partial charge in [-0.25, -0.2) is 5.84 Å². The van der Waals surface area contributed by atoms with E-state index in [0.29, 0.717) is 11.3 Å². The van der Waals surface area contributed by atoms with Crippen molar-refractivity contribution in [1.82, 2.24) is 10.4 Å². The molecule has 1 heterocycles. The van der Waals surface area contributed by atoms with Crippen molar-refractivity contribution in [3.05, 3.63) is 58.8 Å². The molecule has 0 spiro atoms. The summed E-state index contributed by atoms with van der Waals surface area (Å²) in [5.41, 5.74) is 2.82. The number of carbonyl (C=O) groups excluding carboxylic acids is 1. The second-order valence-electron chi connectivity index (χ2n) is 3.76. The Hall–Kier alpha value is -1.92. The van der Waals surface area contributed by atoms with Gasteiger partial charge in [0.25, 0.3) is 5.91 Å². The van der Waals surface area contributed by atoms with Gasteiger partial charge in [-0.2, -0.15) is 0 Å². The van der Waals surface area contributed by atoms with Crippen molar-refractivity contribution < 1.29 is 9.53 Å². The third-order valence-electron chi connectivity index (χ3n) is 2.42. The van der Waals surface area contributed by atoms with Crippen molar-refractivity contribution in [2.45, 2.75) is 6.10 Å². The number of amides is 1. The zero-order valence-corrected chi connectivity index (χ0v) is 11.5. The second kappa shape index (κ2) is 6.31. The molecule has 1 amide bonds. The summed E-state index contributed by atoms with van der Waals surface area (Å²) in [4.78, 5) is 15.8. The van der Waals surface area contributed by atoms with E-state index >= 15 is 0 Å². The van der Waals surface area contributed by atoms with Crippen LogP contribution in [0.25, 0.3) is 0 Å². The van der Waals surface area contributed by atoms with Crippen molar-refractivity contribution in [1.29, 1.82) is 0 Å². The molecular formula is C13H12BrN3O2. The van der Waals surface area contributed by atoms with E-state index in [2.05, 4.69) is 26.3 Å². The lowest BCUT2D eigenvalue weighted by Crippen LogP contribution is -2.37. The number of nitrogens with zero attached hydrogens (tertiary/aromatic N) is 1. The summed E-state index contributed by atoms with van der Waals surface area (Å²) in [5.74, 6) is 5.24. The van der Waals surface area contributed by atoms with Crippen LogP contribution in [-0.2, 0) is 4.79 Å². The number of rotatable bonds is 4. The summed E-state index contributed by atoms with van der Waals surface area (Å²) in [6.07, 6.45) is 2.35. The van der Waals surface area contributed by atoms with Gasteiger partial charge in [0.2, 0.25) is 6.10 Å².